The van der Waals surface area contributed by atoms with Gasteiger partial charge in [0, 0.05) is 17.1 Å². The topological polar surface area (TPSA) is 81.4 Å². The van der Waals surface area contributed by atoms with E-state index in [9.17, 15) is 18.0 Å². The summed E-state index contributed by atoms with van der Waals surface area (Å²) in [6.07, 6.45) is -1.87. The molecule has 4 rings (SSSR count). The van der Waals surface area contributed by atoms with Crippen molar-refractivity contribution in [3.05, 3.63) is 59.9 Å². The fourth-order valence-corrected chi connectivity index (χ4v) is 3.00. The number of carbonyl (C=O) groups is 1. The third-order valence-corrected chi connectivity index (χ3v) is 4.30. The molecule has 0 unspecified atom stereocenters. The van der Waals surface area contributed by atoms with E-state index in [4.69, 9.17) is 0 Å². The normalized spacial score (nSPS) is 11.5. The van der Waals surface area contributed by atoms with Crippen molar-refractivity contribution in [3.8, 4) is 17.0 Å². The van der Waals surface area contributed by atoms with Crippen LogP contribution in [0.25, 0.3) is 16.9 Å². The Bertz CT molecular complexity index is 1140. The van der Waals surface area contributed by atoms with Crippen LogP contribution in [0.15, 0.2) is 54.2 Å². The number of halogens is 3. The Morgan fingerprint density at radius 1 is 1.18 bits per heavy atom. The van der Waals surface area contributed by atoms with Crippen LogP contribution in [-0.4, -0.2) is 31.9 Å². The van der Waals surface area contributed by atoms with Crippen LogP contribution in [0.1, 0.15) is 10.5 Å². The van der Waals surface area contributed by atoms with Gasteiger partial charge in [-0.05, 0) is 24.3 Å². The Kier molecular flexibility index (Phi) is 4.43. The van der Waals surface area contributed by atoms with Crippen LogP contribution in [0.5, 0.6) is 5.75 Å². The highest BCUT2D eigenvalue weighted by molar-refractivity contribution is 7.13. The zero-order valence-electron chi connectivity index (χ0n) is 13.8. The number of thiazole rings is 1. The minimum atomic E-state index is -4.79. The maximum atomic E-state index is 12.5. The largest absolute Gasteiger partial charge is 0.573 e. The minimum Gasteiger partial charge on any atom is -0.406 e. The molecule has 0 saturated heterocycles. The van der Waals surface area contributed by atoms with Crippen molar-refractivity contribution in [2.45, 2.75) is 6.36 Å². The molecule has 0 bridgehead atoms. The van der Waals surface area contributed by atoms with Crippen LogP contribution in [0.3, 0.4) is 0 Å². The number of nitrogens with one attached hydrogen (secondary N) is 1. The Labute approximate surface area is 159 Å². The minimum absolute atomic E-state index is 0.162. The monoisotopic (exact) mass is 405 g/mol. The first kappa shape index (κ1) is 17.9. The molecule has 7 nitrogen and oxygen atoms in total. The number of rotatable bonds is 4. The second-order valence-electron chi connectivity index (χ2n) is 5.50. The molecule has 4 aromatic rings. The van der Waals surface area contributed by atoms with Crippen molar-refractivity contribution in [2.75, 3.05) is 5.32 Å². The van der Waals surface area contributed by atoms with Gasteiger partial charge in [-0.3, -0.25) is 10.1 Å². The SMILES string of the molecule is O=C(Nc1nccs1)c1cnc2ccc(-c3cccc(OC(F)(F)F)c3)nn12. The van der Waals surface area contributed by atoms with Gasteiger partial charge in [-0.15, -0.1) is 24.5 Å². The van der Waals surface area contributed by atoms with Gasteiger partial charge in [-0.1, -0.05) is 12.1 Å². The quantitative estimate of drug-likeness (QED) is 0.555. The van der Waals surface area contributed by atoms with E-state index in [1.54, 1.807) is 29.8 Å². The third-order valence-electron chi connectivity index (χ3n) is 3.61. The Balaban J connectivity index is 1.68. The summed E-state index contributed by atoms with van der Waals surface area (Å²) >= 11 is 1.26. The summed E-state index contributed by atoms with van der Waals surface area (Å²) in [4.78, 5) is 20.6. The number of ether oxygens (including phenoxy) is 1. The van der Waals surface area contributed by atoms with Crippen molar-refractivity contribution in [2.24, 2.45) is 0 Å². The number of fused-ring (bicyclic) bond motifs is 1. The van der Waals surface area contributed by atoms with Gasteiger partial charge in [0.15, 0.2) is 16.5 Å². The second-order valence-corrected chi connectivity index (χ2v) is 6.39. The van der Waals surface area contributed by atoms with Crippen molar-refractivity contribution < 1.29 is 22.7 Å². The zero-order valence-corrected chi connectivity index (χ0v) is 14.7. The highest BCUT2D eigenvalue weighted by Crippen LogP contribution is 2.27. The molecule has 3 heterocycles. The summed E-state index contributed by atoms with van der Waals surface area (Å²) in [6, 6.07) is 8.63. The molecule has 0 aliphatic heterocycles. The van der Waals surface area contributed by atoms with E-state index in [2.05, 4.69) is 25.1 Å². The van der Waals surface area contributed by atoms with Crippen LogP contribution in [-0.2, 0) is 0 Å². The number of hydrogen-bond acceptors (Lipinski definition) is 6. The average Bonchev–Trinajstić information content (AvgIpc) is 3.29. The van der Waals surface area contributed by atoms with Crippen LogP contribution < -0.4 is 10.1 Å². The summed E-state index contributed by atoms with van der Waals surface area (Å²) in [7, 11) is 0. The molecule has 1 aromatic carbocycles. The predicted molar refractivity (Wildman–Crippen MR) is 95.2 cm³/mol. The lowest BCUT2D eigenvalue weighted by Crippen LogP contribution is -2.17. The van der Waals surface area contributed by atoms with Crippen molar-refractivity contribution in [1.29, 1.82) is 0 Å². The van der Waals surface area contributed by atoms with E-state index < -0.39 is 12.3 Å². The van der Waals surface area contributed by atoms with Gasteiger partial charge in [-0.2, -0.15) is 5.10 Å². The maximum absolute atomic E-state index is 12.5. The van der Waals surface area contributed by atoms with Gasteiger partial charge in [0.2, 0.25) is 0 Å². The first-order chi connectivity index (χ1) is 13.4. The van der Waals surface area contributed by atoms with E-state index in [0.29, 0.717) is 22.0 Å². The lowest BCUT2D eigenvalue weighted by atomic mass is 10.1. The van der Waals surface area contributed by atoms with Crippen LogP contribution in [0.2, 0.25) is 0 Å². The molecule has 0 saturated carbocycles. The first-order valence-corrected chi connectivity index (χ1v) is 8.69. The number of nitrogens with zero attached hydrogens (tertiary/aromatic N) is 4. The van der Waals surface area contributed by atoms with Gasteiger partial charge in [-0.25, -0.2) is 14.5 Å². The number of aromatic nitrogens is 4. The Morgan fingerprint density at radius 3 is 2.79 bits per heavy atom. The molecule has 0 radical (unpaired) electrons. The highest BCUT2D eigenvalue weighted by Gasteiger charge is 2.31. The van der Waals surface area contributed by atoms with E-state index in [1.165, 1.54) is 40.2 Å². The summed E-state index contributed by atoms with van der Waals surface area (Å²) in [6.45, 7) is 0. The van der Waals surface area contributed by atoms with Crippen LogP contribution >= 0.6 is 11.3 Å². The van der Waals surface area contributed by atoms with E-state index in [0.717, 1.165) is 0 Å². The number of amides is 1. The number of hydrogen-bond donors (Lipinski definition) is 1. The molecule has 0 aliphatic carbocycles. The van der Waals surface area contributed by atoms with E-state index in [1.807, 2.05) is 0 Å². The molecule has 0 fully saturated rings. The fraction of sp³-hybridized carbons (Fsp3) is 0.0588. The number of carbonyl (C=O) groups excluding carboxylic acids is 1. The highest BCUT2D eigenvalue weighted by atomic mass is 32.1. The van der Waals surface area contributed by atoms with Gasteiger partial charge < -0.3 is 4.74 Å². The molecule has 1 N–H and O–H groups in total. The molecule has 1 amide bonds. The molecule has 0 aliphatic rings. The summed E-state index contributed by atoms with van der Waals surface area (Å²) in [5.74, 6) is -0.819. The summed E-state index contributed by atoms with van der Waals surface area (Å²) < 4.78 is 42.6. The van der Waals surface area contributed by atoms with Gasteiger partial charge in [0.05, 0.1) is 11.9 Å². The number of alkyl halides is 3. The van der Waals surface area contributed by atoms with Crippen molar-refractivity contribution in [3.63, 3.8) is 0 Å². The number of benzene rings is 1. The lowest BCUT2D eigenvalue weighted by Gasteiger charge is -2.10. The number of imidazole rings is 1. The zero-order chi connectivity index (χ0) is 19.7. The molecule has 11 heteroatoms. The summed E-state index contributed by atoms with van der Waals surface area (Å²) in [5, 5.41) is 9.11. The molecule has 28 heavy (non-hydrogen) atoms. The van der Waals surface area contributed by atoms with Crippen LogP contribution in [0.4, 0.5) is 18.3 Å². The standard InChI is InChI=1S/C17H10F3N5O2S/c18-17(19,20)27-11-3-1-2-10(8-11)12-4-5-14-22-9-13(25(14)24-12)15(26)23-16-21-6-7-28-16/h1-9H,(H,21,23,26). The Hall–Kier alpha value is -3.47. The lowest BCUT2D eigenvalue weighted by molar-refractivity contribution is -0.274. The van der Waals surface area contributed by atoms with Gasteiger partial charge in [0.25, 0.3) is 5.91 Å². The molecular formula is C17H10F3N5O2S. The second kappa shape index (κ2) is 6.93. The van der Waals surface area contributed by atoms with Gasteiger partial charge in [0.1, 0.15) is 5.75 Å². The smallest absolute Gasteiger partial charge is 0.406 e. The summed E-state index contributed by atoms with van der Waals surface area (Å²) in [5.41, 5.74) is 1.32. The molecule has 0 atom stereocenters. The average molecular weight is 405 g/mol. The molecule has 0 spiro atoms. The van der Waals surface area contributed by atoms with Crippen molar-refractivity contribution in [1.82, 2.24) is 19.6 Å². The molecule has 142 valence electrons. The maximum Gasteiger partial charge on any atom is 0.573 e. The molecular weight excluding hydrogens is 395 g/mol. The first-order valence-electron chi connectivity index (χ1n) is 7.81. The van der Waals surface area contributed by atoms with E-state index >= 15 is 0 Å². The Morgan fingerprint density at radius 2 is 2.04 bits per heavy atom. The van der Waals surface area contributed by atoms with Crippen LogP contribution in [0, 0.1) is 0 Å². The van der Waals surface area contributed by atoms with Gasteiger partial charge >= 0.3 is 6.36 Å². The van der Waals surface area contributed by atoms with Crippen molar-refractivity contribution >= 4 is 28.0 Å². The third kappa shape index (κ3) is 3.78. The predicted octanol–water partition coefficient (Wildman–Crippen LogP) is 4.00. The number of anilines is 1. The molecule has 3 aromatic heterocycles. The fourth-order valence-electron chi connectivity index (χ4n) is 2.48. The van der Waals surface area contributed by atoms with E-state index in [-0.39, 0.29) is 11.4 Å².